The van der Waals surface area contributed by atoms with Gasteiger partial charge in [0.05, 0.1) is 14.2 Å². The minimum absolute atomic E-state index is 0.114. The molecule has 0 aromatic heterocycles. The molecule has 0 aliphatic carbocycles. The molecule has 29 heavy (non-hydrogen) atoms. The first-order valence-corrected chi connectivity index (χ1v) is 9.73. The summed E-state index contributed by atoms with van der Waals surface area (Å²) >= 11 is 0. The first kappa shape index (κ1) is 20.5. The van der Waals surface area contributed by atoms with E-state index in [1.165, 1.54) is 0 Å². The lowest BCUT2D eigenvalue weighted by atomic mass is 10.1. The molecular weight excluding hydrogens is 370 g/mol. The third kappa shape index (κ3) is 5.40. The van der Waals surface area contributed by atoms with E-state index in [0.717, 1.165) is 24.2 Å². The van der Waals surface area contributed by atoms with Gasteiger partial charge in [-0.05, 0) is 49.1 Å². The number of amides is 3. The molecule has 7 heteroatoms. The van der Waals surface area contributed by atoms with E-state index in [1.807, 2.05) is 36.4 Å². The van der Waals surface area contributed by atoms with Crippen LogP contribution in [0.1, 0.15) is 18.4 Å². The van der Waals surface area contributed by atoms with E-state index in [2.05, 4.69) is 10.6 Å². The number of anilines is 1. The van der Waals surface area contributed by atoms with E-state index in [0.29, 0.717) is 30.9 Å². The number of hydrogen-bond acceptors (Lipinski definition) is 4. The van der Waals surface area contributed by atoms with Crippen molar-refractivity contribution in [3.8, 4) is 11.5 Å². The normalized spacial score (nSPS) is 15.7. The molecule has 3 amide bonds. The van der Waals surface area contributed by atoms with Gasteiger partial charge in [-0.25, -0.2) is 4.79 Å². The van der Waals surface area contributed by atoms with Crippen LogP contribution >= 0.6 is 0 Å². The second-order valence-corrected chi connectivity index (χ2v) is 6.90. The second-order valence-electron chi connectivity index (χ2n) is 6.90. The topological polar surface area (TPSA) is 79.9 Å². The van der Waals surface area contributed by atoms with Gasteiger partial charge < -0.3 is 25.0 Å². The summed E-state index contributed by atoms with van der Waals surface area (Å²) in [5.74, 6) is 1.36. The van der Waals surface area contributed by atoms with Crippen LogP contribution in [0, 0.1) is 0 Å². The lowest BCUT2D eigenvalue weighted by Gasteiger charge is -2.24. The lowest BCUT2D eigenvalue weighted by Crippen LogP contribution is -2.47. The second kappa shape index (κ2) is 9.82. The average Bonchev–Trinajstić information content (AvgIpc) is 3.24. The first-order valence-electron chi connectivity index (χ1n) is 9.73. The van der Waals surface area contributed by atoms with Crippen molar-refractivity contribution in [3.05, 3.63) is 54.1 Å². The molecule has 0 unspecified atom stereocenters. The maximum atomic E-state index is 12.7. The number of nitrogens with one attached hydrogen (secondary N) is 2. The van der Waals surface area contributed by atoms with Crippen molar-refractivity contribution in [2.75, 3.05) is 32.6 Å². The van der Waals surface area contributed by atoms with Crippen LogP contribution in [0.25, 0.3) is 0 Å². The van der Waals surface area contributed by atoms with E-state index in [9.17, 15) is 9.59 Å². The smallest absolute Gasteiger partial charge is 0.322 e. The Labute approximate surface area is 171 Å². The van der Waals surface area contributed by atoms with Crippen molar-refractivity contribution in [1.82, 2.24) is 10.2 Å². The fourth-order valence-corrected chi connectivity index (χ4v) is 3.42. The Bertz CT molecular complexity index is 838. The number of rotatable bonds is 7. The number of carbonyl (C=O) groups is 2. The highest BCUT2D eigenvalue weighted by Crippen LogP contribution is 2.21. The maximum absolute atomic E-state index is 12.7. The molecule has 3 rings (SSSR count). The SMILES string of the molecule is COc1ccc(CCNC(=O)[C@@H]2CCCN2C(=O)Nc2cccc(OC)c2)cc1. The Hall–Kier alpha value is -3.22. The fraction of sp³-hybridized carbons (Fsp3) is 0.364. The third-order valence-electron chi connectivity index (χ3n) is 5.01. The Morgan fingerprint density at radius 3 is 2.55 bits per heavy atom. The van der Waals surface area contributed by atoms with Crippen LogP contribution in [0.4, 0.5) is 10.5 Å². The van der Waals surface area contributed by atoms with Crippen molar-refractivity contribution >= 4 is 17.6 Å². The fourth-order valence-electron chi connectivity index (χ4n) is 3.42. The summed E-state index contributed by atoms with van der Waals surface area (Å²) in [6.07, 6.45) is 2.19. The zero-order valence-electron chi connectivity index (χ0n) is 16.8. The van der Waals surface area contributed by atoms with Crippen LogP contribution in [0.15, 0.2) is 48.5 Å². The number of hydrogen-bond donors (Lipinski definition) is 2. The van der Waals surface area contributed by atoms with E-state index in [4.69, 9.17) is 9.47 Å². The number of urea groups is 1. The highest BCUT2D eigenvalue weighted by molar-refractivity contribution is 5.94. The quantitative estimate of drug-likeness (QED) is 0.753. The molecule has 2 N–H and O–H groups in total. The minimum Gasteiger partial charge on any atom is -0.497 e. The molecule has 1 aliphatic heterocycles. The Morgan fingerprint density at radius 1 is 1.07 bits per heavy atom. The van der Waals surface area contributed by atoms with Gasteiger partial charge in [0.25, 0.3) is 0 Å². The van der Waals surface area contributed by atoms with E-state index in [1.54, 1.807) is 31.3 Å². The molecule has 7 nitrogen and oxygen atoms in total. The van der Waals surface area contributed by atoms with Crippen LogP contribution in [-0.2, 0) is 11.2 Å². The summed E-state index contributed by atoms with van der Waals surface area (Å²) in [4.78, 5) is 26.9. The molecule has 0 bridgehead atoms. The zero-order valence-corrected chi connectivity index (χ0v) is 16.8. The highest BCUT2D eigenvalue weighted by Gasteiger charge is 2.34. The summed E-state index contributed by atoms with van der Waals surface area (Å²) in [7, 11) is 3.21. The highest BCUT2D eigenvalue weighted by atomic mass is 16.5. The Balaban J connectivity index is 1.51. The molecule has 1 fully saturated rings. The first-order chi connectivity index (χ1) is 14.1. The summed E-state index contributed by atoms with van der Waals surface area (Å²) in [5.41, 5.74) is 1.75. The summed E-state index contributed by atoms with van der Waals surface area (Å²) in [6, 6.07) is 14.2. The lowest BCUT2D eigenvalue weighted by molar-refractivity contribution is -0.124. The van der Waals surface area contributed by atoms with E-state index < -0.39 is 6.04 Å². The molecule has 2 aromatic rings. The summed E-state index contributed by atoms with van der Waals surface area (Å²) in [6.45, 7) is 1.08. The standard InChI is InChI=1S/C22H27N3O4/c1-28-18-10-8-16(9-11-18)12-13-23-21(26)20-7-4-14-25(20)22(27)24-17-5-3-6-19(15-17)29-2/h3,5-6,8-11,15,20H,4,7,12-14H2,1-2H3,(H,23,26)(H,24,27)/t20-/m0/s1. The van der Waals surface area contributed by atoms with Crippen molar-refractivity contribution in [2.45, 2.75) is 25.3 Å². The summed E-state index contributed by atoms with van der Waals surface area (Å²) in [5, 5.41) is 5.81. The molecule has 0 radical (unpaired) electrons. The van der Waals surface area contributed by atoms with E-state index in [-0.39, 0.29) is 11.9 Å². The Morgan fingerprint density at radius 2 is 1.83 bits per heavy atom. The molecule has 0 saturated carbocycles. The third-order valence-corrected chi connectivity index (χ3v) is 5.01. The number of carbonyl (C=O) groups excluding carboxylic acids is 2. The van der Waals surface area contributed by atoms with Crippen molar-refractivity contribution in [2.24, 2.45) is 0 Å². The maximum Gasteiger partial charge on any atom is 0.322 e. The average molecular weight is 397 g/mol. The predicted octanol–water partition coefficient (Wildman–Crippen LogP) is 3.06. The van der Waals surface area contributed by atoms with Crippen molar-refractivity contribution in [1.29, 1.82) is 0 Å². The van der Waals surface area contributed by atoms with Crippen molar-refractivity contribution in [3.63, 3.8) is 0 Å². The van der Waals surface area contributed by atoms with Gasteiger partial charge in [0.1, 0.15) is 17.5 Å². The van der Waals surface area contributed by atoms with Gasteiger partial charge in [-0.2, -0.15) is 0 Å². The Kier molecular flexibility index (Phi) is 6.94. The van der Waals surface area contributed by atoms with Gasteiger partial charge >= 0.3 is 6.03 Å². The number of benzene rings is 2. The van der Waals surface area contributed by atoms with Gasteiger partial charge in [-0.15, -0.1) is 0 Å². The van der Waals surface area contributed by atoms with Crippen LogP contribution in [-0.4, -0.2) is 50.2 Å². The molecule has 1 atom stereocenters. The van der Waals surface area contributed by atoms with Crippen LogP contribution < -0.4 is 20.1 Å². The zero-order chi connectivity index (χ0) is 20.6. The number of methoxy groups -OCH3 is 2. The van der Waals surface area contributed by atoms with Crippen molar-refractivity contribution < 1.29 is 19.1 Å². The van der Waals surface area contributed by atoms with Gasteiger partial charge in [0, 0.05) is 24.8 Å². The molecule has 1 heterocycles. The van der Waals surface area contributed by atoms with Gasteiger partial charge in [0.2, 0.25) is 5.91 Å². The molecule has 2 aromatic carbocycles. The van der Waals surface area contributed by atoms with Gasteiger partial charge in [0.15, 0.2) is 0 Å². The molecular formula is C22H27N3O4. The van der Waals surface area contributed by atoms with Gasteiger partial charge in [-0.1, -0.05) is 18.2 Å². The van der Waals surface area contributed by atoms with Crippen LogP contribution in [0.5, 0.6) is 11.5 Å². The summed E-state index contributed by atoms with van der Waals surface area (Å²) < 4.78 is 10.3. The number of likely N-dealkylation sites (tertiary alicyclic amines) is 1. The molecule has 0 spiro atoms. The number of ether oxygens (including phenoxy) is 2. The molecule has 154 valence electrons. The van der Waals surface area contributed by atoms with Gasteiger partial charge in [-0.3, -0.25) is 4.79 Å². The largest absolute Gasteiger partial charge is 0.497 e. The van der Waals surface area contributed by atoms with E-state index >= 15 is 0 Å². The molecule has 1 aliphatic rings. The minimum atomic E-state index is -0.448. The van der Waals surface area contributed by atoms with Crippen LogP contribution in [0.3, 0.4) is 0 Å². The number of nitrogens with zero attached hydrogens (tertiary/aromatic N) is 1. The monoisotopic (exact) mass is 397 g/mol. The predicted molar refractivity (Wildman–Crippen MR) is 111 cm³/mol. The van der Waals surface area contributed by atoms with Crippen LogP contribution in [0.2, 0.25) is 0 Å². The molecule has 1 saturated heterocycles.